The topological polar surface area (TPSA) is 84.9 Å². The molecule has 26 heavy (non-hydrogen) atoms. The van der Waals surface area contributed by atoms with Crippen molar-refractivity contribution >= 4 is 15.9 Å². The number of hydrogen-bond donors (Lipinski definition) is 1. The number of amides is 1. The van der Waals surface area contributed by atoms with Crippen molar-refractivity contribution in [3.8, 4) is 11.5 Å². The zero-order chi connectivity index (χ0) is 18.1. The summed E-state index contributed by atoms with van der Waals surface area (Å²) in [5.74, 6) is 0.811. The highest BCUT2D eigenvalue weighted by Gasteiger charge is 2.40. The van der Waals surface area contributed by atoms with E-state index in [9.17, 15) is 13.2 Å². The van der Waals surface area contributed by atoms with Crippen LogP contribution in [0, 0.1) is 0 Å². The Bertz CT molecular complexity index is 789. The molecule has 1 saturated heterocycles. The third-order valence-corrected chi connectivity index (χ3v) is 7.23. The maximum absolute atomic E-state index is 13.1. The number of hydrogen-bond acceptors (Lipinski definition) is 5. The number of benzene rings is 1. The fraction of sp³-hybridized carbons (Fsp3) is 0.611. The minimum absolute atomic E-state index is 0.141. The minimum atomic E-state index is -3.76. The molecule has 8 heteroatoms. The predicted octanol–water partition coefficient (Wildman–Crippen LogP) is 1.67. The lowest BCUT2D eigenvalue weighted by Crippen LogP contribution is -2.48. The quantitative estimate of drug-likeness (QED) is 0.859. The number of carbonyl (C=O) groups excluding carboxylic acids is 1. The predicted molar refractivity (Wildman–Crippen MR) is 94.7 cm³/mol. The van der Waals surface area contributed by atoms with E-state index >= 15 is 0 Å². The van der Waals surface area contributed by atoms with E-state index in [0.717, 1.165) is 25.7 Å². The maximum Gasteiger partial charge on any atom is 0.243 e. The van der Waals surface area contributed by atoms with Crippen LogP contribution in [-0.4, -0.2) is 50.5 Å². The molecule has 2 heterocycles. The minimum Gasteiger partial charge on any atom is -0.486 e. The standard InChI is InChI=1S/C18H24N2O5S/c21-18(19-13-4-1-2-5-13)15-6-3-9-20(15)26(22,23)14-7-8-16-17(12-14)25-11-10-24-16/h7-8,12-13,15H,1-6,9-11H2,(H,19,21). The average Bonchev–Trinajstić information content (AvgIpc) is 3.33. The van der Waals surface area contributed by atoms with Crippen LogP contribution >= 0.6 is 0 Å². The molecule has 7 nitrogen and oxygen atoms in total. The molecule has 2 fully saturated rings. The Kier molecular flexibility index (Phi) is 4.79. The summed E-state index contributed by atoms with van der Waals surface area (Å²) in [6, 6.07) is 4.18. The van der Waals surface area contributed by atoms with E-state index in [1.807, 2.05) is 0 Å². The number of sulfonamides is 1. The summed E-state index contributed by atoms with van der Waals surface area (Å²) < 4.78 is 38.5. The maximum atomic E-state index is 13.1. The SMILES string of the molecule is O=C(NC1CCCC1)C1CCCN1S(=O)(=O)c1ccc2c(c1)OCCO2. The van der Waals surface area contributed by atoms with Crippen LogP contribution in [0.5, 0.6) is 11.5 Å². The Morgan fingerprint density at radius 3 is 2.54 bits per heavy atom. The molecule has 0 radical (unpaired) electrons. The largest absolute Gasteiger partial charge is 0.486 e. The Labute approximate surface area is 153 Å². The van der Waals surface area contributed by atoms with Gasteiger partial charge in [0.25, 0.3) is 0 Å². The van der Waals surface area contributed by atoms with Crippen LogP contribution < -0.4 is 14.8 Å². The first kappa shape index (κ1) is 17.6. The summed E-state index contributed by atoms with van der Waals surface area (Å²) >= 11 is 0. The summed E-state index contributed by atoms with van der Waals surface area (Å²) in [6.07, 6.45) is 5.44. The van der Waals surface area contributed by atoms with Crippen molar-refractivity contribution in [1.29, 1.82) is 0 Å². The van der Waals surface area contributed by atoms with Crippen LogP contribution in [0.3, 0.4) is 0 Å². The lowest BCUT2D eigenvalue weighted by Gasteiger charge is -2.25. The Morgan fingerprint density at radius 2 is 1.77 bits per heavy atom. The van der Waals surface area contributed by atoms with Gasteiger partial charge >= 0.3 is 0 Å². The molecule has 0 aromatic heterocycles. The van der Waals surface area contributed by atoms with E-state index in [4.69, 9.17) is 9.47 Å². The zero-order valence-electron chi connectivity index (χ0n) is 14.6. The van der Waals surface area contributed by atoms with Gasteiger partial charge in [0, 0.05) is 18.7 Å². The third kappa shape index (κ3) is 3.27. The number of fused-ring (bicyclic) bond motifs is 1. The van der Waals surface area contributed by atoms with Gasteiger partial charge in [-0.2, -0.15) is 4.31 Å². The van der Waals surface area contributed by atoms with Crippen molar-refractivity contribution in [2.45, 2.75) is 55.5 Å². The molecule has 0 bridgehead atoms. The second-order valence-electron chi connectivity index (χ2n) is 7.07. The van der Waals surface area contributed by atoms with Crippen molar-refractivity contribution in [2.24, 2.45) is 0 Å². The molecule has 1 unspecified atom stereocenters. The molecule has 142 valence electrons. The fourth-order valence-electron chi connectivity index (χ4n) is 3.98. The van der Waals surface area contributed by atoms with Gasteiger partial charge in [0.2, 0.25) is 15.9 Å². The van der Waals surface area contributed by atoms with Gasteiger partial charge in [-0.05, 0) is 37.8 Å². The van der Waals surface area contributed by atoms with E-state index < -0.39 is 16.1 Å². The van der Waals surface area contributed by atoms with Gasteiger partial charge in [0.15, 0.2) is 11.5 Å². The third-order valence-electron chi connectivity index (χ3n) is 5.33. The van der Waals surface area contributed by atoms with Crippen molar-refractivity contribution < 1.29 is 22.7 Å². The molecule has 1 aliphatic carbocycles. The van der Waals surface area contributed by atoms with Crippen molar-refractivity contribution in [2.75, 3.05) is 19.8 Å². The molecule has 3 aliphatic rings. The van der Waals surface area contributed by atoms with Crippen LogP contribution in [0.4, 0.5) is 0 Å². The molecule has 2 aliphatic heterocycles. The molecule has 0 spiro atoms. The number of nitrogens with one attached hydrogen (secondary N) is 1. The second kappa shape index (κ2) is 7.08. The van der Waals surface area contributed by atoms with Crippen LogP contribution in [0.25, 0.3) is 0 Å². The van der Waals surface area contributed by atoms with E-state index in [1.54, 1.807) is 6.07 Å². The normalized spacial score (nSPS) is 23.9. The van der Waals surface area contributed by atoms with Crippen LogP contribution in [0.15, 0.2) is 23.1 Å². The van der Waals surface area contributed by atoms with Crippen LogP contribution in [-0.2, 0) is 14.8 Å². The molecular formula is C18H24N2O5S. The van der Waals surface area contributed by atoms with E-state index in [2.05, 4.69) is 5.32 Å². The Hall–Kier alpha value is -1.80. The van der Waals surface area contributed by atoms with Gasteiger partial charge in [-0.15, -0.1) is 0 Å². The average molecular weight is 380 g/mol. The summed E-state index contributed by atoms with van der Waals surface area (Å²) in [5.41, 5.74) is 0. The van der Waals surface area contributed by atoms with Gasteiger partial charge < -0.3 is 14.8 Å². The highest BCUT2D eigenvalue weighted by Crippen LogP contribution is 2.35. The summed E-state index contributed by atoms with van der Waals surface area (Å²) in [5, 5.41) is 3.03. The summed E-state index contributed by atoms with van der Waals surface area (Å²) in [4.78, 5) is 12.8. The number of rotatable bonds is 4. The molecule has 1 amide bonds. The summed E-state index contributed by atoms with van der Waals surface area (Å²) in [6.45, 7) is 1.21. The fourth-order valence-corrected chi connectivity index (χ4v) is 5.65. The highest BCUT2D eigenvalue weighted by molar-refractivity contribution is 7.89. The van der Waals surface area contributed by atoms with Crippen molar-refractivity contribution in [1.82, 2.24) is 9.62 Å². The van der Waals surface area contributed by atoms with Crippen molar-refractivity contribution in [3.05, 3.63) is 18.2 Å². The second-order valence-corrected chi connectivity index (χ2v) is 8.96. The smallest absolute Gasteiger partial charge is 0.243 e. The van der Waals surface area contributed by atoms with Crippen molar-refractivity contribution in [3.63, 3.8) is 0 Å². The van der Waals surface area contributed by atoms with Crippen LogP contribution in [0.1, 0.15) is 38.5 Å². The first-order valence-electron chi connectivity index (χ1n) is 9.27. The molecule has 1 atom stereocenters. The van der Waals surface area contributed by atoms with E-state index in [1.165, 1.54) is 16.4 Å². The van der Waals surface area contributed by atoms with E-state index in [0.29, 0.717) is 44.1 Å². The number of nitrogens with zero attached hydrogens (tertiary/aromatic N) is 1. The molecular weight excluding hydrogens is 356 g/mol. The number of carbonyl (C=O) groups is 1. The van der Waals surface area contributed by atoms with Gasteiger partial charge in [-0.1, -0.05) is 12.8 Å². The van der Waals surface area contributed by atoms with Gasteiger partial charge in [-0.25, -0.2) is 8.42 Å². The van der Waals surface area contributed by atoms with E-state index in [-0.39, 0.29) is 16.8 Å². The zero-order valence-corrected chi connectivity index (χ0v) is 15.5. The lowest BCUT2D eigenvalue weighted by atomic mass is 10.2. The first-order chi connectivity index (χ1) is 12.6. The van der Waals surface area contributed by atoms with Gasteiger partial charge in [0.1, 0.15) is 19.3 Å². The van der Waals surface area contributed by atoms with Crippen LogP contribution in [0.2, 0.25) is 0 Å². The molecule has 1 aromatic rings. The monoisotopic (exact) mass is 380 g/mol. The highest BCUT2D eigenvalue weighted by atomic mass is 32.2. The molecule has 1 saturated carbocycles. The van der Waals surface area contributed by atoms with Gasteiger partial charge in [-0.3, -0.25) is 4.79 Å². The lowest BCUT2D eigenvalue weighted by molar-refractivity contribution is -0.124. The number of ether oxygens (including phenoxy) is 2. The Balaban J connectivity index is 1.55. The molecule has 1 N–H and O–H groups in total. The molecule has 1 aromatic carbocycles. The summed E-state index contributed by atoms with van der Waals surface area (Å²) in [7, 11) is -3.76. The molecule has 4 rings (SSSR count). The van der Waals surface area contributed by atoms with Gasteiger partial charge in [0.05, 0.1) is 4.90 Å². The Morgan fingerprint density at radius 1 is 1.04 bits per heavy atom. The first-order valence-corrected chi connectivity index (χ1v) is 10.7.